The minimum atomic E-state index is -3.56. The Bertz CT molecular complexity index is 549. The van der Waals surface area contributed by atoms with Gasteiger partial charge in [-0.05, 0) is 25.1 Å². The third-order valence-corrected chi connectivity index (χ3v) is 5.78. The first-order valence-corrected chi connectivity index (χ1v) is 8.08. The highest BCUT2D eigenvalue weighted by Crippen LogP contribution is 2.29. The summed E-state index contributed by atoms with van der Waals surface area (Å²) in [6.45, 7) is 3.00. The van der Waals surface area contributed by atoms with Gasteiger partial charge in [-0.2, -0.15) is 4.31 Å². The van der Waals surface area contributed by atoms with Gasteiger partial charge in [-0.1, -0.05) is 27.5 Å². The molecule has 0 aromatic heterocycles. The van der Waals surface area contributed by atoms with E-state index >= 15 is 0 Å². The highest BCUT2D eigenvalue weighted by atomic mass is 79.9. The van der Waals surface area contributed by atoms with Gasteiger partial charge in [0.15, 0.2) is 0 Å². The Kier molecular flexibility index (Phi) is 4.33. The predicted octanol–water partition coefficient (Wildman–Crippen LogP) is 2.51. The van der Waals surface area contributed by atoms with Crippen LogP contribution in [0.15, 0.2) is 27.6 Å². The van der Waals surface area contributed by atoms with Crippen LogP contribution in [0, 0.1) is 0 Å². The summed E-state index contributed by atoms with van der Waals surface area (Å²) in [4.78, 5) is 0.140. The molecule has 1 fully saturated rings. The topological polar surface area (TPSA) is 46.6 Å². The Morgan fingerprint density at radius 3 is 2.83 bits per heavy atom. The van der Waals surface area contributed by atoms with Crippen molar-refractivity contribution in [2.75, 3.05) is 19.8 Å². The summed E-state index contributed by atoms with van der Waals surface area (Å²) in [6, 6.07) is 4.59. The summed E-state index contributed by atoms with van der Waals surface area (Å²) in [5.41, 5.74) is 0. The van der Waals surface area contributed by atoms with E-state index in [4.69, 9.17) is 16.3 Å². The number of halogens is 2. The number of sulfonamides is 1. The summed E-state index contributed by atoms with van der Waals surface area (Å²) >= 11 is 9.27. The monoisotopic (exact) mass is 353 g/mol. The second-order valence-electron chi connectivity index (χ2n) is 4.11. The molecule has 0 N–H and O–H groups in total. The van der Waals surface area contributed by atoms with Crippen molar-refractivity contribution >= 4 is 37.6 Å². The minimum absolute atomic E-state index is 0.140. The van der Waals surface area contributed by atoms with E-state index in [1.165, 1.54) is 10.4 Å². The van der Waals surface area contributed by atoms with Crippen LogP contribution in [-0.4, -0.2) is 38.5 Å². The molecule has 0 saturated carbocycles. The summed E-state index contributed by atoms with van der Waals surface area (Å²) in [7, 11) is -3.56. The predicted molar refractivity (Wildman–Crippen MR) is 73.3 cm³/mol. The van der Waals surface area contributed by atoms with E-state index in [-0.39, 0.29) is 16.0 Å². The normalized spacial score (nSPS) is 22.1. The average molecular weight is 355 g/mol. The zero-order chi connectivity index (χ0) is 13.3. The Morgan fingerprint density at radius 2 is 2.22 bits per heavy atom. The maximum Gasteiger partial charge on any atom is 0.244 e. The Balaban J connectivity index is 2.41. The minimum Gasteiger partial charge on any atom is -0.378 e. The molecule has 100 valence electrons. The van der Waals surface area contributed by atoms with Crippen molar-refractivity contribution in [3.8, 4) is 0 Å². The molecule has 1 heterocycles. The van der Waals surface area contributed by atoms with Crippen LogP contribution in [0.3, 0.4) is 0 Å². The van der Waals surface area contributed by atoms with Gasteiger partial charge in [0.25, 0.3) is 0 Å². The lowest BCUT2D eigenvalue weighted by Gasteiger charge is -2.32. The lowest BCUT2D eigenvalue weighted by molar-refractivity contribution is 0.0393. The lowest BCUT2D eigenvalue weighted by atomic mass is 10.3. The van der Waals surface area contributed by atoms with E-state index < -0.39 is 10.0 Å². The molecule has 0 spiro atoms. The quantitative estimate of drug-likeness (QED) is 0.820. The molecule has 1 aliphatic rings. The standard InChI is InChI=1S/C11H13BrClNO3S/c1-8-7-17-5-4-14(8)18(15,16)11-3-2-9(12)6-10(11)13/h2-3,6,8H,4-5,7H2,1H3/t8-/m1/s1. The number of nitrogens with zero attached hydrogens (tertiary/aromatic N) is 1. The third kappa shape index (κ3) is 2.72. The van der Waals surface area contributed by atoms with Crippen LogP contribution in [0.25, 0.3) is 0 Å². The molecule has 1 aromatic carbocycles. The second-order valence-corrected chi connectivity index (χ2v) is 7.30. The third-order valence-electron chi connectivity index (χ3n) is 2.79. The SMILES string of the molecule is C[C@@H]1COCCN1S(=O)(=O)c1ccc(Br)cc1Cl. The molecular weight excluding hydrogens is 342 g/mol. The van der Waals surface area contributed by atoms with Crippen molar-refractivity contribution in [2.45, 2.75) is 17.9 Å². The molecule has 0 unspecified atom stereocenters. The smallest absolute Gasteiger partial charge is 0.244 e. The first-order chi connectivity index (χ1) is 8.43. The largest absolute Gasteiger partial charge is 0.378 e. The second kappa shape index (κ2) is 5.46. The first kappa shape index (κ1) is 14.3. The van der Waals surface area contributed by atoms with Gasteiger partial charge in [-0.25, -0.2) is 8.42 Å². The van der Waals surface area contributed by atoms with Crippen LogP contribution in [0.4, 0.5) is 0 Å². The first-order valence-electron chi connectivity index (χ1n) is 5.47. The van der Waals surface area contributed by atoms with Gasteiger partial charge in [0.05, 0.1) is 18.2 Å². The van der Waals surface area contributed by atoms with Crippen molar-refractivity contribution in [3.05, 3.63) is 27.7 Å². The summed E-state index contributed by atoms with van der Waals surface area (Å²) in [5, 5.41) is 0.225. The zero-order valence-electron chi connectivity index (χ0n) is 9.77. The van der Waals surface area contributed by atoms with Gasteiger partial charge in [-0.3, -0.25) is 0 Å². The molecule has 1 atom stereocenters. The van der Waals surface area contributed by atoms with Gasteiger partial charge in [0.2, 0.25) is 10.0 Å². The molecule has 7 heteroatoms. The molecule has 0 radical (unpaired) electrons. The van der Waals surface area contributed by atoms with Crippen molar-refractivity contribution in [1.29, 1.82) is 0 Å². The van der Waals surface area contributed by atoms with E-state index in [1.54, 1.807) is 12.1 Å². The van der Waals surface area contributed by atoms with Gasteiger partial charge in [0.1, 0.15) is 4.90 Å². The van der Waals surface area contributed by atoms with E-state index in [0.717, 1.165) is 4.47 Å². The fourth-order valence-electron chi connectivity index (χ4n) is 1.88. The fraction of sp³-hybridized carbons (Fsp3) is 0.455. The summed E-state index contributed by atoms with van der Waals surface area (Å²) in [5.74, 6) is 0. The maximum absolute atomic E-state index is 12.5. The maximum atomic E-state index is 12.5. The van der Waals surface area contributed by atoms with Crippen LogP contribution < -0.4 is 0 Å². The van der Waals surface area contributed by atoms with Crippen molar-refractivity contribution in [3.63, 3.8) is 0 Å². The highest BCUT2D eigenvalue weighted by molar-refractivity contribution is 9.10. The Hall–Kier alpha value is -0.140. The summed E-state index contributed by atoms with van der Waals surface area (Å²) in [6.07, 6.45) is 0. The molecule has 1 saturated heterocycles. The Morgan fingerprint density at radius 1 is 1.50 bits per heavy atom. The van der Waals surface area contributed by atoms with Crippen LogP contribution in [0.2, 0.25) is 5.02 Å². The van der Waals surface area contributed by atoms with E-state index in [2.05, 4.69) is 15.9 Å². The molecule has 2 rings (SSSR count). The van der Waals surface area contributed by atoms with Gasteiger partial charge in [-0.15, -0.1) is 0 Å². The van der Waals surface area contributed by atoms with Crippen LogP contribution in [0.5, 0.6) is 0 Å². The van der Waals surface area contributed by atoms with E-state index in [1.807, 2.05) is 6.92 Å². The van der Waals surface area contributed by atoms with Gasteiger partial charge < -0.3 is 4.74 Å². The number of ether oxygens (including phenoxy) is 1. The number of benzene rings is 1. The summed E-state index contributed by atoms with van der Waals surface area (Å²) < 4.78 is 32.4. The van der Waals surface area contributed by atoms with Crippen molar-refractivity contribution in [1.82, 2.24) is 4.31 Å². The number of rotatable bonds is 2. The average Bonchev–Trinajstić information content (AvgIpc) is 2.28. The molecule has 1 aliphatic heterocycles. The molecule has 0 aliphatic carbocycles. The number of hydrogen-bond acceptors (Lipinski definition) is 3. The van der Waals surface area contributed by atoms with E-state index in [0.29, 0.717) is 19.8 Å². The number of hydrogen-bond donors (Lipinski definition) is 0. The highest BCUT2D eigenvalue weighted by Gasteiger charge is 2.32. The van der Waals surface area contributed by atoms with Crippen LogP contribution >= 0.6 is 27.5 Å². The molecule has 4 nitrogen and oxygen atoms in total. The molecule has 18 heavy (non-hydrogen) atoms. The molecule has 1 aromatic rings. The number of morpholine rings is 1. The Labute approximate surface area is 120 Å². The fourth-order valence-corrected chi connectivity index (χ4v) is 4.49. The van der Waals surface area contributed by atoms with Crippen molar-refractivity contribution in [2.24, 2.45) is 0 Å². The van der Waals surface area contributed by atoms with Crippen LogP contribution in [0.1, 0.15) is 6.92 Å². The van der Waals surface area contributed by atoms with E-state index in [9.17, 15) is 8.42 Å². The van der Waals surface area contributed by atoms with Gasteiger partial charge in [0, 0.05) is 17.1 Å². The molecule has 0 bridgehead atoms. The van der Waals surface area contributed by atoms with Crippen molar-refractivity contribution < 1.29 is 13.2 Å². The molecule has 0 amide bonds. The lowest BCUT2D eigenvalue weighted by Crippen LogP contribution is -2.47. The zero-order valence-corrected chi connectivity index (χ0v) is 12.9. The van der Waals surface area contributed by atoms with Crippen LogP contribution in [-0.2, 0) is 14.8 Å². The van der Waals surface area contributed by atoms with Gasteiger partial charge >= 0.3 is 0 Å². The molecular formula is C11H13BrClNO3S.